The maximum Gasteiger partial charge on any atom is 0.145 e. The van der Waals surface area contributed by atoms with E-state index in [4.69, 9.17) is 11.6 Å². The molecule has 0 bridgehead atoms. The predicted molar refractivity (Wildman–Crippen MR) is 96.3 cm³/mol. The van der Waals surface area contributed by atoms with Crippen molar-refractivity contribution in [1.29, 1.82) is 0 Å². The summed E-state index contributed by atoms with van der Waals surface area (Å²) < 4.78 is 27.5. The fourth-order valence-electron chi connectivity index (χ4n) is 4.86. The van der Waals surface area contributed by atoms with Gasteiger partial charge in [0.05, 0.1) is 0 Å². The van der Waals surface area contributed by atoms with Crippen molar-refractivity contribution in [2.24, 2.45) is 17.8 Å². The first-order valence-corrected chi connectivity index (χ1v) is 9.71. The Bertz CT molecular complexity index is 572. The fraction of sp³-hybridized carbons (Fsp3) is 0.619. The van der Waals surface area contributed by atoms with E-state index in [9.17, 15) is 8.78 Å². The van der Waals surface area contributed by atoms with Crippen LogP contribution in [0.2, 0.25) is 5.02 Å². The van der Waals surface area contributed by atoms with E-state index in [1.807, 2.05) is 0 Å². The van der Waals surface area contributed by atoms with Crippen LogP contribution in [0.4, 0.5) is 8.78 Å². The Balaban J connectivity index is 1.60. The molecule has 0 amide bonds. The van der Waals surface area contributed by atoms with Gasteiger partial charge in [0.1, 0.15) is 16.7 Å². The van der Waals surface area contributed by atoms with Crippen molar-refractivity contribution in [1.82, 2.24) is 0 Å². The molecule has 24 heavy (non-hydrogen) atoms. The van der Waals surface area contributed by atoms with E-state index in [1.54, 1.807) is 0 Å². The smallest absolute Gasteiger partial charge is 0.145 e. The van der Waals surface area contributed by atoms with Crippen LogP contribution in [0.3, 0.4) is 0 Å². The zero-order valence-electron chi connectivity index (χ0n) is 14.4. The molecule has 0 spiro atoms. The summed E-state index contributed by atoms with van der Waals surface area (Å²) in [4.78, 5) is 0. The Hall–Kier alpha value is -0.890. The van der Waals surface area contributed by atoms with Crippen LogP contribution in [-0.4, -0.2) is 0 Å². The molecule has 1 aromatic rings. The molecule has 0 aliphatic heterocycles. The number of hydrogen-bond acceptors (Lipinski definition) is 0. The summed E-state index contributed by atoms with van der Waals surface area (Å²) >= 11 is 5.61. The summed E-state index contributed by atoms with van der Waals surface area (Å²) in [5.74, 6) is 1.44. The Morgan fingerprint density at radius 2 is 1.71 bits per heavy atom. The van der Waals surface area contributed by atoms with Gasteiger partial charge in [-0.05, 0) is 93.2 Å². The summed E-state index contributed by atoms with van der Waals surface area (Å²) in [7, 11) is 0. The first kappa shape index (κ1) is 17.9. The van der Waals surface area contributed by atoms with Crippen molar-refractivity contribution in [2.75, 3.05) is 0 Å². The third-order valence-corrected chi connectivity index (χ3v) is 6.54. The number of allylic oxidation sites excluding steroid dienone is 2. The van der Waals surface area contributed by atoms with Gasteiger partial charge in [0.15, 0.2) is 0 Å². The van der Waals surface area contributed by atoms with E-state index in [1.165, 1.54) is 50.7 Å². The van der Waals surface area contributed by atoms with Gasteiger partial charge >= 0.3 is 0 Å². The highest BCUT2D eigenvalue weighted by atomic mass is 35.5. The third-order valence-electron chi connectivity index (χ3n) is 6.18. The molecule has 0 radical (unpaired) electrons. The average molecular weight is 353 g/mol. The predicted octanol–water partition coefficient (Wildman–Crippen LogP) is 7.27. The van der Waals surface area contributed by atoms with Crippen molar-refractivity contribution >= 4 is 11.6 Å². The quantitative estimate of drug-likeness (QED) is 0.394. The minimum absolute atomic E-state index is 0.284. The van der Waals surface area contributed by atoms with E-state index in [0.717, 1.165) is 36.2 Å². The molecule has 0 nitrogen and oxygen atoms in total. The number of rotatable bonds is 4. The molecule has 4 unspecified atom stereocenters. The Morgan fingerprint density at radius 3 is 2.42 bits per heavy atom. The van der Waals surface area contributed by atoms with Crippen LogP contribution in [0.25, 0.3) is 0 Å². The summed E-state index contributed by atoms with van der Waals surface area (Å²) in [6.45, 7) is 2.08. The molecule has 2 aliphatic carbocycles. The molecule has 0 heterocycles. The zero-order valence-corrected chi connectivity index (χ0v) is 15.2. The first-order chi connectivity index (χ1) is 11.6. The lowest BCUT2D eigenvalue weighted by Crippen LogP contribution is -2.30. The number of benzene rings is 1. The molecular formula is C21H27ClF2. The van der Waals surface area contributed by atoms with E-state index < -0.39 is 11.6 Å². The van der Waals surface area contributed by atoms with E-state index >= 15 is 0 Å². The van der Waals surface area contributed by atoms with Gasteiger partial charge in [-0.2, -0.15) is 0 Å². The van der Waals surface area contributed by atoms with Crippen LogP contribution in [-0.2, 0) is 0 Å². The van der Waals surface area contributed by atoms with Crippen molar-refractivity contribution in [3.05, 3.63) is 46.5 Å². The van der Waals surface area contributed by atoms with Gasteiger partial charge in [-0.3, -0.25) is 0 Å². The first-order valence-electron chi connectivity index (χ1n) is 9.34. The lowest BCUT2D eigenvalue weighted by molar-refractivity contribution is 0.115. The lowest BCUT2D eigenvalue weighted by atomic mass is 9.63. The van der Waals surface area contributed by atoms with Gasteiger partial charge in [0.25, 0.3) is 0 Å². The fourth-order valence-corrected chi connectivity index (χ4v) is 4.97. The molecule has 1 aromatic carbocycles. The van der Waals surface area contributed by atoms with Crippen LogP contribution in [0.1, 0.15) is 69.8 Å². The topological polar surface area (TPSA) is 0 Å². The van der Waals surface area contributed by atoms with E-state index in [0.29, 0.717) is 0 Å². The van der Waals surface area contributed by atoms with Crippen molar-refractivity contribution in [2.45, 2.75) is 64.2 Å². The average Bonchev–Trinajstić information content (AvgIpc) is 2.59. The zero-order chi connectivity index (χ0) is 17.1. The number of halogens is 3. The van der Waals surface area contributed by atoms with Gasteiger partial charge in [-0.15, -0.1) is 0 Å². The third kappa shape index (κ3) is 4.02. The molecular weight excluding hydrogens is 326 g/mol. The molecule has 2 saturated carbocycles. The monoisotopic (exact) mass is 352 g/mol. The van der Waals surface area contributed by atoms with Crippen LogP contribution in [0.5, 0.6) is 0 Å². The minimum Gasteiger partial charge on any atom is -0.205 e. The molecule has 132 valence electrons. The van der Waals surface area contributed by atoms with Gasteiger partial charge < -0.3 is 0 Å². The Morgan fingerprint density at radius 1 is 1.04 bits per heavy atom. The lowest BCUT2D eigenvalue weighted by Gasteiger charge is -2.42. The van der Waals surface area contributed by atoms with E-state index in [2.05, 4.69) is 19.1 Å². The molecule has 2 aliphatic rings. The molecule has 2 fully saturated rings. The van der Waals surface area contributed by atoms with Gasteiger partial charge in [0.2, 0.25) is 0 Å². The molecule has 0 aromatic heterocycles. The maximum absolute atomic E-state index is 13.7. The second kappa shape index (κ2) is 7.99. The summed E-state index contributed by atoms with van der Waals surface area (Å²) in [5.41, 5.74) is 0.794. The van der Waals surface area contributed by atoms with Crippen LogP contribution in [0.15, 0.2) is 24.3 Å². The number of fused-ring (bicyclic) bond motifs is 1. The highest BCUT2D eigenvalue weighted by Crippen LogP contribution is 2.48. The second-order valence-corrected chi connectivity index (χ2v) is 8.03. The van der Waals surface area contributed by atoms with Crippen molar-refractivity contribution < 1.29 is 8.78 Å². The van der Waals surface area contributed by atoms with Crippen molar-refractivity contribution in [3.63, 3.8) is 0 Å². The van der Waals surface area contributed by atoms with Gasteiger partial charge in [0, 0.05) is 0 Å². The van der Waals surface area contributed by atoms with Crippen LogP contribution >= 0.6 is 11.6 Å². The summed E-state index contributed by atoms with van der Waals surface area (Å²) in [6, 6.07) is 2.89. The van der Waals surface area contributed by atoms with E-state index in [-0.39, 0.29) is 10.9 Å². The van der Waals surface area contributed by atoms with Gasteiger partial charge in [-0.1, -0.05) is 30.2 Å². The summed E-state index contributed by atoms with van der Waals surface area (Å²) in [5, 5.41) is -0.380. The standard InChI is InChI=1S/C21H27ClF2/c1-2-3-4-5-14-6-7-16-11-17(9-8-15(16)10-14)18-12-19(23)21(22)20(24)13-18/h2-3,12-17H,4-11H2,1H3. The van der Waals surface area contributed by atoms with Gasteiger partial charge in [-0.25, -0.2) is 8.78 Å². The summed E-state index contributed by atoms with van der Waals surface area (Å²) in [6.07, 6.45) is 14.2. The molecule has 0 N–H and O–H groups in total. The SMILES string of the molecule is CC=CCCC1CCC2CC(c3cc(F)c(Cl)c(F)c3)CCC2C1. The van der Waals surface area contributed by atoms with Crippen LogP contribution < -0.4 is 0 Å². The normalized spacial score (nSPS) is 30.5. The Kier molecular flexibility index (Phi) is 5.97. The molecule has 4 atom stereocenters. The molecule has 3 heteroatoms. The molecule has 3 rings (SSSR count). The highest BCUT2D eigenvalue weighted by molar-refractivity contribution is 6.30. The highest BCUT2D eigenvalue weighted by Gasteiger charge is 2.36. The minimum atomic E-state index is -0.624. The Labute approximate surface area is 149 Å². The number of hydrogen-bond donors (Lipinski definition) is 0. The maximum atomic E-state index is 13.7. The second-order valence-electron chi connectivity index (χ2n) is 7.65. The van der Waals surface area contributed by atoms with Crippen LogP contribution in [0, 0.1) is 29.4 Å². The van der Waals surface area contributed by atoms with Crippen molar-refractivity contribution in [3.8, 4) is 0 Å². The molecule has 0 saturated heterocycles. The largest absolute Gasteiger partial charge is 0.205 e.